The van der Waals surface area contributed by atoms with E-state index in [0.29, 0.717) is 23.3 Å². The van der Waals surface area contributed by atoms with E-state index in [1.54, 1.807) is 12.3 Å². The van der Waals surface area contributed by atoms with Gasteiger partial charge >= 0.3 is 0 Å². The molecule has 0 bridgehead atoms. The van der Waals surface area contributed by atoms with Gasteiger partial charge in [0.1, 0.15) is 5.82 Å². The van der Waals surface area contributed by atoms with Gasteiger partial charge < -0.3 is 15.2 Å². The van der Waals surface area contributed by atoms with Crippen molar-refractivity contribution in [2.75, 3.05) is 23.3 Å². The van der Waals surface area contributed by atoms with Crippen molar-refractivity contribution in [2.45, 2.75) is 45.6 Å². The number of H-pyrrole nitrogens is 1. The van der Waals surface area contributed by atoms with Crippen molar-refractivity contribution in [3.05, 3.63) is 45.0 Å². The Morgan fingerprint density at radius 2 is 2.07 bits per heavy atom. The summed E-state index contributed by atoms with van der Waals surface area (Å²) >= 11 is 6.34. The van der Waals surface area contributed by atoms with E-state index in [4.69, 9.17) is 11.6 Å². The second-order valence-electron chi connectivity index (χ2n) is 7.09. The molecule has 0 radical (unpaired) electrons. The number of nitrogens with zero attached hydrogens (tertiary/aromatic N) is 5. The molecule has 0 aliphatic carbocycles. The van der Waals surface area contributed by atoms with Crippen molar-refractivity contribution in [1.82, 2.24) is 24.6 Å². The normalized spacial score (nSPS) is 14.6. The van der Waals surface area contributed by atoms with Crippen molar-refractivity contribution < 1.29 is 0 Å². The van der Waals surface area contributed by atoms with Crippen LogP contribution < -0.4 is 15.8 Å². The first kappa shape index (κ1) is 18.7. The van der Waals surface area contributed by atoms with E-state index in [0.717, 1.165) is 43.0 Å². The molecule has 2 N–H and O–H groups in total. The Balaban J connectivity index is 1.52. The second kappa shape index (κ2) is 8.18. The van der Waals surface area contributed by atoms with Gasteiger partial charge in [0.25, 0.3) is 5.56 Å². The first-order chi connectivity index (χ1) is 13.6. The highest BCUT2D eigenvalue weighted by Crippen LogP contribution is 2.23. The molecule has 1 fully saturated rings. The topological polar surface area (TPSA) is 91.2 Å². The first-order valence-electron chi connectivity index (χ1n) is 9.76. The van der Waals surface area contributed by atoms with Crippen LogP contribution in [0.2, 0.25) is 5.02 Å². The number of halogens is 1. The Hall–Kier alpha value is -2.61. The number of fused-ring (bicyclic) bond motifs is 1. The van der Waals surface area contributed by atoms with Crippen molar-refractivity contribution >= 4 is 29.1 Å². The minimum absolute atomic E-state index is 0.188. The number of aromatic amines is 1. The molecule has 8 nitrogen and oxygen atoms in total. The van der Waals surface area contributed by atoms with Gasteiger partial charge in [0.2, 0.25) is 11.7 Å². The Morgan fingerprint density at radius 1 is 1.25 bits per heavy atom. The van der Waals surface area contributed by atoms with Crippen LogP contribution in [-0.2, 0) is 13.0 Å². The summed E-state index contributed by atoms with van der Waals surface area (Å²) in [6, 6.07) is 3.58. The molecule has 1 aliphatic rings. The summed E-state index contributed by atoms with van der Waals surface area (Å²) in [7, 11) is 0. The average Bonchev–Trinajstić information content (AvgIpc) is 3.12. The molecule has 0 aromatic carbocycles. The summed E-state index contributed by atoms with van der Waals surface area (Å²) in [4.78, 5) is 26.5. The van der Waals surface area contributed by atoms with Gasteiger partial charge in [0.05, 0.1) is 5.02 Å². The summed E-state index contributed by atoms with van der Waals surface area (Å²) in [6.45, 7) is 4.57. The van der Waals surface area contributed by atoms with E-state index in [-0.39, 0.29) is 5.56 Å². The maximum atomic E-state index is 12.2. The zero-order valence-corrected chi connectivity index (χ0v) is 16.7. The number of rotatable bonds is 6. The summed E-state index contributed by atoms with van der Waals surface area (Å²) in [6.07, 6.45) is 7.10. The lowest BCUT2D eigenvalue weighted by Gasteiger charge is -2.28. The number of piperidine rings is 1. The predicted molar refractivity (Wildman–Crippen MR) is 110 cm³/mol. The van der Waals surface area contributed by atoms with E-state index >= 15 is 0 Å². The minimum Gasteiger partial charge on any atom is -0.357 e. The van der Waals surface area contributed by atoms with Crippen LogP contribution >= 0.6 is 11.6 Å². The van der Waals surface area contributed by atoms with E-state index in [9.17, 15) is 4.79 Å². The summed E-state index contributed by atoms with van der Waals surface area (Å²) in [5.41, 5.74) is 1.60. The van der Waals surface area contributed by atoms with Crippen LogP contribution in [0.15, 0.2) is 23.1 Å². The summed E-state index contributed by atoms with van der Waals surface area (Å²) in [5, 5.41) is 8.02. The summed E-state index contributed by atoms with van der Waals surface area (Å²) < 4.78 is 1.27. The number of nitrogens with one attached hydrogen (secondary N) is 2. The van der Waals surface area contributed by atoms with Crippen molar-refractivity contribution in [3.63, 3.8) is 0 Å². The van der Waals surface area contributed by atoms with Crippen LogP contribution in [0.4, 0.5) is 11.8 Å². The third-order valence-corrected chi connectivity index (χ3v) is 5.28. The van der Waals surface area contributed by atoms with Crippen molar-refractivity contribution in [2.24, 2.45) is 0 Å². The molecule has 4 heterocycles. The van der Waals surface area contributed by atoms with Crippen LogP contribution in [-0.4, -0.2) is 37.7 Å². The van der Waals surface area contributed by atoms with Gasteiger partial charge in [0, 0.05) is 37.6 Å². The zero-order valence-electron chi connectivity index (χ0n) is 15.9. The van der Waals surface area contributed by atoms with Gasteiger partial charge in [-0.15, -0.1) is 5.10 Å². The predicted octanol–water partition coefficient (Wildman–Crippen LogP) is 3.02. The van der Waals surface area contributed by atoms with E-state index in [1.807, 2.05) is 6.07 Å². The van der Waals surface area contributed by atoms with Crippen LogP contribution in [0.3, 0.4) is 0 Å². The molecule has 28 heavy (non-hydrogen) atoms. The molecule has 3 aromatic heterocycles. The van der Waals surface area contributed by atoms with Gasteiger partial charge in [-0.1, -0.05) is 24.9 Å². The molecule has 9 heteroatoms. The Bertz CT molecular complexity index is 1020. The largest absolute Gasteiger partial charge is 0.357 e. The maximum Gasteiger partial charge on any atom is 0.275 e. The Labute approximate surface area is 168 Å². The zero-order chi connectivity index (χ0) is 19.5. The number of pyridine rings is 1. The van der Waals surface area contributed by atoms with Gasteiger partial charge in [-0.05, 0) is 37.3 Å². The fraction of sp³-hybridized carbons (Fsp3) is 0.474. The number of aromatic nitrogens is 5. The maximum absolute atomic E-state index is 12.2. The first-order valence-corrected chi connectivity index (χ1v) is 10.1. The lowest BCUT2D eigenvalue weighted by molar-refractivity contribution is 0.573. The highest BCUT2D eigenvalue weighted by molar-refractivity contribution is 6.31. The standard InChI is InChI=1S/C19H24ClN7O/c1-2-6-14-10-17(28)27-19(23-14)24-18(25-27)22-11-13-9-16(21-12-15(13)20)26-7-4-3-5-8-26/h9-10,12H,2-8,11H2,1H3,(H2,22,23,24,25). The van der Waals surface area contributed by atoms with Crippen LogP contribution in [0, 0.1) is 0 Å². The smallest absolute Gasteiger partial charge is 0.275 e. The number of anilines is 2. The van der Waals surface area contributed by atoms with E-state index in [2.05, 4.69) is 37.2 Å². The van der Waals surface area contributed by atoms with Crippen LogP contribution in [0.5, 0.6) is 0 Å². The highest BCUT2D eigenvalue weighted by Gasteiger charge is 2.14. The molecule has 0 atom stereocenters. The van der Waals surface area contributed by atoms with Crippen molar-refractivity contribution in [1.29, 1.82) is 0 Å². The Morgan fingerprint density at radius 3 is 2.86 bits per heavy atom. The molecular formula is C19H24ClN7O. The number of hydrogen-bond acceptors (Lipinski definition) is 6. The number of aryl methyl sites for hydroxylation is 1. The SMILES string of the molecule is CCCc1cc(=O)n2nc(NCc3cc(N4CCCCC4)ncc3Cl)nc2[nH]1. The molecule has 148 valence electrons. The quantitative estimate of drug-likeness (QED) is 0.659. The monoisotopic (exact) mass is 401 g/mol. The molecular weight excluding hydrogens is 378 g/mol. The lowest BCUT2D eigenvalue weighted by Crippen LogP contribution is -2.30. The van der Waals surface area contributed by atoms with E-state index in [1.165, 1.54) is 23.8 Å². The minimum atomic E-state index is -0.188. The fourth-order valence-corrected chi connectivity index (χ4v) is 3.66. The van der Waals surface area contributed by atoms with Gasteiger partial charge in [0.15, 0.2) is 0 Å². The van der Waals surface area contributed by atoms with Crippen molar-refractivity contribution in [3.8, 4) is 0 Å². The third-order valence-electron chi connectivity index (χ3n) is 4.94. The van der Waals surface area contributed by atoms with Crippen LogP contribution in [0.1, 0.15) is 43.9 Å². The van der Waals surface area contributed by atoms with Crippen LogP contribution in [0.25, 0.3) is 5.78 Å². The van der Waals surface area contributed by atoms with Gasteiger partial charge in [-0.25, -0.2) is 4.98 Å². The molecule has 0 unspecified atom stereocenters. The molecule has 0 saturated carbocycles. The number of hydrogen-bond donors (Lipinski definition) is 2. The average molecular weight is 402 g/mol. The fourth-order valence-electron chi connectivity index (χ4n) is 3.49. The molecule has 3 aromatic rings. The lowest BCUT2D eigenvalue weighted by atomic mass is 10.1. The molecule has 0 spiro atoms. The third kappa shape index (κ3) is 3.96. The molecule has 0 amide bonds. The summed E-state index contributed by atoms with van der Waals surface area (Å²) in [5.74, 6) is 1.77. The second-order valence-corrected chi connectivity index (χ2v) is 7.50. The molecule has 4 rings (SSSR count). The molecule has 1 saturated heterocycles. The molecule has 1 aliphatic heterocycles. The van der Waals surface area contributed by atoms with Gasteiger partial charge in [-0.2, -0.15) is 9.50 Å². The Kier molecular flexibility index (Phi) is 5.47. The van der Waals surface area contributed by atoms with Gasteiger partial charge in [-0.3, -0.25) is 4.79 Å². The highest BCUT2D eigenvalue weighted by atomic mass is 35.5. The van der Waals surface area contributed by atoms with E-state index < -0.39 is 0 Å².